The highest BCUT2D eigenvalue weighted by Gasteiger charge is 2.45. The van der Waals surface area contributed by atoms with Crippen LogP contribution < -0.4 is 0 Å². The van der Waals surface area contributed by atoms with Crippen LogP contribution in [0.4, 0.5) is 0 Å². The van der Waals surface area contributed by atoms with Gasteiger partial charge in [-0.2, -0.15) is 0 Å². The summed E-state index contributed by atoms with van der Waals surface area (Å²) < 4.78 is 5.27. The van der Waals surface area contributed by atoms with Crippen molar-refractivity contribution in [3.8, 4) is 0 Å². The average molecular weight is 237 g/mol. The number of aliphatic carboxylic acids is 1. The highest BCUT2D eigenvalue weighted by atomic mass is 16.4. The molecule has 1 amide bonds. The van der Waals surface area contributed by atoms with E-state index in [4.69, 9.17) is 9.52 Å². The van der Waals surface area contributed by atoms with Gasteiger partial charge >= 0.3 is 5.97 Å². The van der Waals surface area contributed by atoms with Crippen molar-refractivity contribution in [1.82, 2.24) is 4.90 Å². The Bertz CT molecular complexity index is 412. The summed E-state index contributed by atoms with van der Waals surface area (Å²) >= 11 is 0. The molecule has 0 aromatic carbocycles. The Morgan fingerprint density at radius 2 is 2.41 bits per heavy atom. The Balaban J connectivity index is 2.32. The van der Waals surface area contributed by atoms with Gasteiger partial charge in [-0.25, -0.2) is 0 Å². The Morgan fingerprint density at radius 3 is 2.94 bits per heavy atom. The van der Waals surface area contributed by atoms with E-state index in [1.165, 1.54) is 6.26 Å². The first-order valence-electron chi connectivity index (χ1n) is 5.70. The monoisotopic (exact) mass is 237 g/mol. The van der Waals surface area contributed by atoms with E-state index in [-0.39, 0.29) is 12.3 Å². The van der Waals surface area contributed by atoms with Gasteiger partial charge < -0.3 is 14.4 Å². The maximum absolute atomic E-state index is 11.8. The molecule has 2 atom stereocenters. The van der Waals surface area contributed by atoms with Gasteiger partial charge in [-0.15, -0.1) is 0 Å². The second-order valence-corrected chi connectivity index (χ2v) is 4.20. The molecular weight excluding hydrogens is 222 g/mol. The SMILES string of the molecule is CCCN1C(=O)CC(C(=O)O)C1c1ccco1. The summed E-state index contributed by atoms with van der Waals surface area (Å²) in [6, 6.07) is 2.97. The quantitative estimate of drug-likeness (QED) is 0.864. The van der Waals surface area contributed by atoms with Crippen LogP contribution in [0, 0.1) is 5.92 Å². The predicted octanol–water partition coefficient (Wildman–Crippen LogP) is 1.66. The van der Waals surface area contributed by atoms with E-state index in [1.807, 2.05) is 6.92 Å². The number of likely N-dealkylation sites (tertiary alicyclic amines) is 1. The predicted molar refractivity (Wildman–Crippen MR) is 59.2 cm³/mol. The van der Waals surface area contributed by atoms with Crippen LogP contribution in [0.1, 0.15) is 31.6 Å². The third kappa shape index (κ3) is 2.05. The minimum absolute atomic E-state index is 0.0563. The molecule has 92 valence electrons. The lowest BCUT2D eigenvalue weighted by molar-refractivity contribution is -0.142. The summed E-state index contributed by atoms with van der Waals surface area (Å²) in [5.41, 5.74) is 0. The topological polar surface area (TPSA) is 70.8 Å². The van der Waals surface area contributed by atoms with E-state index in [1.54, 1.807) is 17.0 Å². The number of hydrogen-bond donors (Lipinski definition) is 1. The number of carbonyl (C=O) groups is 2. The lowest BCUT2D eigenvalue weighted by Gasteiger charge is -2.24. The zero-order valence-corrected chi connectivity index (χ0v) is 9.63. The Labute approximate surface area is 99.0 Å². The average Bonchev–Trinajstić information content (AvgIpc) is 2.87. The van der Waals surface area contributed by atoms with Crippen molar-refractivity contribution in [1.29, 1.82) is 0 Å². The fourth-order valence-corrected chi connectivity index (χ4v) is 2.33. The molecule has 1 fully saturated rings. The molecule has 0 spiro atoms. The van der Waals surface area contributed by atoms with Gasteiger partial charge in [0.2, 0.25) is 5.91 Å². The van der Waals surface area contributed by atoms with Crippen LogP contribution in [0.15, 0.2) is 22.8 Å². The van der Waals surface area contributed by atoms with Gasteiger partial charge in [-0.1, -0.05) is 6.92 Å². The standard InChI is InChI=1S/C12H15NO4/c1-2-5-13-10(14)7-8(12(15)16)11(13)9-4-3-6-17-9/h3-4,6,8,11H,2,5,7H2,1H3,(H,15,16). The van der Waals surface area contributed by atoms with Crippen LogP contribution in [0.5, 0.6) is 0 Å². The van der Waals surface area contributed by atoms with Crippen molar-refractivity contribution in [3.05, 3.63) is 24.2 Å². The first-order chi connectivity index (χ1) is 8.15. The summed E-state index contributed by atoms with van der Waals surface area (Å²) in [4.78, 5) is 24.6. The molecule has 1 aromatic rings. The van der Waals surface area contributed by atoms with Crippen LogP contribution in [-0.4, -0.2) is 28.4 Å². The molecule has 1 N–H and O–H groups in total. The van der Waals surface area contributed by atoms with Crippen LogP contribution in [-0.2, 0) is 9.59 Å². The highest BCUT2D eigenvalue weighted by Crippen LogP contribution is 2.38. The van der Waals surface area contributed by atoms with Gasteiger partial charge in [0.15, 0.2) is 0 Å². The molecular formula is C12H15NO4. The molecule has 1 saturated heterocycles. The van der Waals surface area contributed by atoms with E-state index < -0.39 is 17.9 Å². The lowest BCUT2D eigenvalue weighted by Crippen LogP contribution is -2.31. The molecule has 0 radical (unpaired) electrons. The molecule has 1 aliphatic rings. The van der Waals surface area contributed by atoms with Crippen LogP contribution in [0.25, 0.3) is 0 Å². The van der Waals surface area contributed by atoms with Crippen molar-refractivity contribution < 1.29 is 19.1 Å². The molecule has 17 heavy (non-hydrogen) atoms. The van der Waals surface area contributed by atoms with E-state index >= 15 is 0 Å². The summed E-state index contributed by atoms with van der Waals surface area (Å²) in [5.74, 6) is -1.21. The first kappa shape index (κ1) is 11.7. The second-order valence-electron chi connectivity index (χ2n) is 4.20. The number of furan rings is 1. The molecule has 2 rings (SSSR count). The van der Waals surface area contributed by atoms with Crippen LogP contribution in [0.2, 0.25) is 0 Å². The third-order valence-corrected chi connectivity index (χ3v) is 3.05. The van der Waals surface area contributed by atoms with Crippen LogP contribution >= 0.6 is 0 Å². The fourth-order valence-electron chi connectivity index (χ4n) is 2.33. The molecule has 0 saturated carbocycles. The molecule has 5 heteroatoms. The Hall–Kier alpha value is -1.78. The maximum Gasteiger partial charge on any atom is 0.309 e. The molecule has 1 aliphatic heterocycles. The molecule has 0 aliphatic carbocycles. The zero-order valence-electron chi connectivity index (χ0n) is 9.63. The third-order valence-electron chi connectivity index (χ3n) is 3.05. The maximum atomic E-state index is 11.8. The van der Waals surface area contributed by atoms with Crippen molar-refractivity contribution >= 4 is 11.9 Å². The zero-order chi connectivity index (χ0) is 12.4. The summed E-state index contributed by atoms with van der Waals surface area (Å²) in [6.07, 6.45) is 2.36. The van der Waals surface area contributed by atoms with Gasteiger partial charge in [0.05, 0.1) is 12.2 Å². The first-order valence-corrected chi connectivity index (χ1v) is 5.70. The molecule has 2 heterocycles. The number of carboxylic acids is 1. The van der Waals surface area contributed by atoms with E-state index in [0.717, 1.165) is 6.42 Å². The number of carboxylic acid groups (broad SMARTS) is 1. The van der Waals surface area contributed by atoms with Crippen molar-refractivity contribution in [2.75, 3.05) is 6.54 Å². The van der Waals surface area contributed by atoms with Gasteiger partial charge in [-0.3, -0.25) is 9.59 Å². The normalized spacial score (nSPS) is 24.3. The summed E-state index contributed by atoms with van der Waals surface area (Å²) in [6.45, 7) is 2.52. The molecule has 1 aromatic heterocycles. The van der Waals surface area contributed by atoms with E-state index in [9.17, 15) is 9.59 Å². The van der Waals surface area contributed by atoms with Gasteiger partial charge in [0.25, 0.3) is 0 Å². The smallest absolute Gasteiger partial charge is 0.309 e. The number of amides is 1. The minimum Gasteiger partial charge on any atom is -0.481 e. The molecule has 5 nitrogen and oxygen atoms in total. The Morgan fingerprint density at radius 1 is 1.65 bits per heavy atom. The summed E-state index contributed by atoms with van der Waals surface area (Å²) in [7, 11) is 0. The van der Waals surface area contributed by atoms with Gasteiger partial charge in [0.1, 0.15) is 11.8 Å². The minimum atomic E-state index is -0.946. The summed E-state index contributed by atoms with van der Waals surface area (Å²) in [5, 5.41) is 9.17. The fraction of sp³-hybridized carbons (Fsp3) is 0.500. The number of rotatable bonds is 4. The van der Waals surface area contributed by atoms with Crippen molar-refractivity contribution in [2.45, 2.75) is 25.8 Å². The molecule has 0 bridgehead atoms. The largest absolute Gasteiger partial charge is 0.481 e. The van der Waals surface area contributed by atoms with Crippen molar-refractivity contribution in [3.63, 3.8) is 0 Å². The van der Waals surface area contributed by atoms with Gasteiger partial charge in [0, 0.05) is 13.0 Å². The van der Waals surface area contributed by atoms with Crippen LogP contribution in [0.3, 0.4) is 0 Å². The molecule has 2 unspecified atom stereocenters. The lowest BCUT2D eigenvalue weighted by atomic mass is 9.98. The van der Waals surface area contributed by atoms with E-state index in [2.05, 4.69) is 0 Å². The van der Waals surface area contributed by atoms with Gasteiger partial charge in [-0.05, 0) is 18.6 Å². The number of hydrogen-bond acceptors (Lipinski definition) is 3. The highest BCUT2D eigenvalue weighted by molar-refractivity contribution is 5.87. The number of carbonyl (C=O) groups excluding carboxylic acids is 1. The number of nitrogens with zero attached hydrogens (tertiary/aromatic N) is 1. The second kappa shape index (κ2) is 4.61. The Kier molecular flexibility index (Phi) is 3.17. The van der Waals surface area contributed by atoms with Crippen molar-refractivity contribution in [2.24, 2.45) is 5.92 Å². The van der Waals surface area contributed by atoms with E-state index in [0.29, 0.717) is 12.3 Å².